The molecular formula is C11H11F4NO. The number of nitrogens with one attached hydrogen (secondary N) is 1. The normalized spacial score (nSPS) is 16.9. The fraction of sp³-hybridized carbons (Fsp3) is 0.455. The average Bonchev–Trinajstić information content (AvgIpc) is 2.13. The molecule has 0 aromatic heterocycles. The van der Waals surface area contributed by atoms with Crippen LogP contribution < -0.4 is 5.32 Å². The molecule has 17 heavy (non-hydrogen) atoms. The largest absolute Gasteiger partial charge is 0.416 e. The third-order valence-electron chi connectivity index (χ3n) is 2.51. The number of rotatable bonds is 3. The minimum atomic E-state index is -4.53. The topological polar surface area (TPSA) is 21.3 Å². The van der Waals surface area contributed by atoms with E-state index in [1.54, 1.807) is 0 Å². The van der Waals surface area contributed by atoms with Crippen LogP contribution in [0.2, 0.25) is 0 Å². The second-order valence-electron chi connectivity index (χ2n) is 3.94. The molecule has 0 bridgehead atoms. The van der Waals surface area contributed by atoms with E-state index in [2.05, 4.69) is 5.32 Å². The molecular weight excluding hydrogens is 238 g/mol. The molecule has 0 aliphatic carbocycles. The fourth-order valence-corrected chi connectivity index (χ4v) is 1.49. The van der Waals surface area contributed by atoms with Crippen molar-refractivity contribution in [1.82, 2.24) is 5.32 Å². The third-order valence-corrected chi connectivity index (χ3v) is 2.51. The van der Waals surface area contributed by atoms with Crippen molar-refractivity contribution in [1.29, 1.82) is 0 Å². The molecule has 94 valence electrons. The Morgan fingerprint density at radius 2 is 1.94 bits per heavy atom. The smallest absolute Gasteiger partial charge is 0.371 e. The van der Waals surface area contributed by atoms with E-state index in [1.165, 1.54) is 0 Å². The summed E-state index contributed by atoms with van der Waals surface area (Å²) in [6.07, 6.45) is -4.53. The summed E-state index contributed by atoms with van der Waals surface area (Å²) in [4.78, 5) is 0. The van der Waals surface area contributed by atoms with Gasteiger partial charge in [-0.2, -0.15) is 13.2 Å². The Morgan fingerprint density at radius 1 is 1.24 bits per heavy atom. The Bertz CT molecular complexity index is 401. The summed E-state index contributed by atoms with van der Waals surface area (Å²) >= 11 is 0. The lowest BCUT2D eigenvalue weighted by atomic mass is 10.1. The summed E-state index contributed by atoms with van der Waals surface area (Å²) in [6.45, 7) is 1.36. The molecule has 2 nitrogen and oxygen atoms in total. The maximum absolute atomic E-state index is 13.0. The van der Waals surface area contributed by atoms with Crippen LogP contribution in [-0.2, 0) is 17.5 Å². The Balaban J connectivity index is 2.08. The van der Waals surface area contributed by atoms with Crippen molar-refractivity contribution in [3.8, 4) is 0 Å². The Morgan fingerprint density at radius 3 is 2.47 bits per heavy atom. The highest BCUT2D eigenvalue weighted by atomic mass is 19.4. The molecule has 1 N–H and O–H groups in total. The average molecular weight is 249 g/mol. The van der Waals surface area contributed by atoms with Crippen LogP contribution in [0.15, 0.2) is 18.2 Å². The van der Waals surface area contributed by atoms with Gasteiger partial charge in [-0.1, -0.05) is 0 Å². The molecule has 6 heteroatoms. The van der Waals surface area contributed by atoms with Gasteiger partial charge in [-0.25, -0.2) is 4.39 Å². The summed E-state index contributed by atoms with van der Waals surface area (Å²) in [5, 5.41) is 2.97. The number of alkyl halides is 3. The van der Waals surface area contributed by atoms with Crippen LogP contribution in [0.3, 0.4) is 0 Å². The molecule has 0 amide bonds. The van der Waals surface area contributed by atoms with Gasteiger partial charge in [0.2, 0.25) is 0 Å². The van der Waals surface area contributed by atoms with Crippen LogP contribution >= 0.6 is 0 Å². The highest BCUT2D eigenvalue weighted by Gasteiger charge is 2.31. The van der Waals surface area contributed by atoms with E-state index in [0.29, 0.717) is 19.2 Å². The zero-order chi connectivity index (χ0) is 12.5. The van der Waals surface area contributed by atoms with E-state index in [-0.39, 0.29) is 18.3 Å². The van der Waals surface area contributed by atoms with Gasteiger partial charge in [0.1, 0.15) is 5.82 Å². The van der Waals surface area contributed by atoms with E-state index < -0.39 is 17.6 Å². The zero-order valence-electron chi connectivity index (χ0n) is 8.85. The second kappa shape index (κ2) is 4.62. The van der Waals surface area contributed by atoms with Crippen LogP contribution in [0, 0.1) is 5.82 Å². The fourth-order valence-electron chi connectivity index (χ4n) is 1.49. The van der Waals surface area contributed by atoms with E-state index in [9.17, 15) is 17.6 Å². The molecule has 2 rings (SSSR count). The Hall–Kier alpha value is -1.14. The molecule has 1 fully saturated rings. The summed E-state index contributed by atoms with van der Waals surface area (Å²) in [5.74, 6) is -0.898. The van der Waals surface area contributed by atoms with E-state index >= 15 is 0 Å². The molecule has 1 aromatic rings. The molecule has 0 spiro atoms. The first-order valence-corrected chi connectivity index (χ1v) is 5.14. The number of hydrogen-bond donors (Lipinski definition) is 1. The summed E-state index contributed by atoms with van der Waals surface area (Å²) in [5.41, 5.74) is -0.785. The molecule has 0 atom stereocenters. The predicted molar refractivity (Wildman–Crippen MR) is 52.8 cm³/mol. The van der Waals surface area contributed by atoms with Gasteiger partial charge in [-0.05, 0) is 23.8 Å². The molecule has 1 heterocycles. The van der Waals surface area contributed by atoms with Crippen LogP contribution in [0.5, 0.6) is 0 Å². The Labute approximate surface area is 95.6 Å². The standard InChI is InChI=1S/C11H11F4NO/c12-9-2-7(6-17-10-4-16-5-10)1-8(3-9)11(13,14)15/h1-3,10,16H,4-6H2. The van der Waals surface area contributed by atoms with Crippen LogP contribution in [0.25, 0.3) is 0 Å². The summed E-state index contributed by atoms with van der Waals surface area (Å²) in [6, 6.07) is 2.45. The van der Waals surface area contributed by atoms with E-state index in [0.717, 1.165) is 12.1 Å². The number of hydrogen-bond acceptors (Lipinski definition) is 2. The van der Waals surface area contributed by atoms with E-state index in [1.807, 2.05) is 0 Å². The zero-order valence-corrected chi connectivity index (χ0v) is 8.85. The molecule has 1 aromatic carbocycles. The first-order chi connectivity index (χ1) is 7.95. The number of halogens is 4. The van der Waals surface area contributed by atoms with Crippen LogP contribution in [0.4, 0.5) is 17.6 Å². The van der Waals surface area contributed by atoms with Crippen molar-refractivity contribution in [2.45, 2.75) is 18.9 Å². The molecule has 0 saturated carbocycles. The lowest BCUT2D eigenvalue weighted by molar-refractivity contribution is -0.137. The van der Waals surface area contributed by atoms with Crippen molar-refractivity contribution in [2.24, 2.45) is 0 Å². The maximum Gasteiger partial charge on any atom is 0.416 e. The second-order valence-corrected chi connectivity index (χ2v) is 3.94. The van der Waals surface area contributed by atoms with E-state index in [4.69, 9.17) is 4.74 Å². The lowest BCUT2D eigenvalue weighted by Crippen LogP contribution is -2.48. The minimum Gasteiger partial charge on any atom is -0.371 e. The van der Waals surface area contributed by atoms with Gasteiger partial charge >= 0.3 is 6.18 Å². The van der Waals surface area contributed by atoms with Gasteiger partial charge in [0.05, 0.1) is 18.3 Å². The number of ether oxygens (including phenoxy) is 1. The summed E-state index contributed by atoms with van der Waals surface area (Å²) in [7, 11) is 0. The van der Waals surface area contributed by atoms with Gasteiger partial charge in [0.15, 0.2) is 0 Å². The number of benzene rings is 1. The molecule has 1 saturated heterocycles. The monoisotopic (exact) mass is 249 g/mol. The summed E-state index contributed by atoms with van der Waals surface area (Å²) < 4.78 is 55.5. The van der Waals surface area contributed by atoms with Crippen molar-refractivity contribution < 1.29 is 22.3 Å². The minimum absolute atomic E-state index is 0.00676. The van der Waals surface area contributed by atoms with Gasteiger partial charge < -0.3 is 10.1 Å². The quantitative estimate of drug-likeness (QED) is 0.830. The molecule has 0 radical (unpaired) electrons. The van der Waals surface area contributed by atoms with Crippen LogP contribution in [0.1, 0.15) is 11.1 Å². The van der Waals surface area contributed by atoms with Gasteiger partial charge in [0.25, 0.3) is 0 Å². The van der Waals surface area contributed by atoms with Gasteiger partial charge in [-0.3, -0.25) is 0 Å². The highest BCUT2D eigenvalue weighted by Crippen LogP contribution is 2.30. The molecule has 1 aliphatic heterocycles. The third kappa shape index (κ3) is 3.17. The van der Waals surface area contributed by atoms with Crippen LogP contribution in [-0.4, -0.2) is 19.2 Å². The highest BCUT2D eigenvalue weighted by molar-refractivity contribution is 5.26. The van der Waals surface area contributed by atoms with Crippen molar-refractivity contribution in [3.63, 3.8) is 0 Å². The molecule has 0 unspecified atom stereocenters. The maximum atomic E-state index is 13.0. The van der Waals surface area contributed by atoms with Crippen molar-refractivity contribution in [2.75, 3.05) is 13.1 Å². The first kappa shape index (κ1) is 12.3. The predicted octanol–water partition coefficient (Wildman–Crippen LogP) is 2.33. The van der Waals surface area contributed by atoms with Gasteiger partial charge in [-0.15, -0.1) is 0 Å². The van der Waals surface area contributed by atoms with Crippen molar-refractivity contribution in [3.05, 3.63) is 35.1 Å². The lowest BCUT2D eigenvalue weighted by Gasteiger charge is -2.27. The SMILES string of the molecule is Fc1cc(COC2CNC2)cc(C(F)(F)F)c1. The molecule has 1 aliphatic rings. The van der Waals surface area contributed by atoms with Gasteiger partial charge in [0, 0.05) is 13.1 Å². The first-order valence-electron chi connectivity index (χ1n) is 5.14. The van der Waals surface area contributed by atoms with Crippen molar-refractivity contribution >= 4 is 0 Å². The Kier molecular flexibility index (Phi) is 3.35.